The largest absolute Gasteiger partial charge is 0.491 e. The standard InChI is InChI=1S/C23H34N4O3.HI/c1-5-11-30-22-10-8-19(15-25-22)16-26-23(24-4)27-17-20-9-7-18(3)14-21(20)29-13-12-28-6-2;/h7-10,14-15H,5-6,11-13,16-17H2,1-4H3,(H2,24,26,27);1H. The maximum atomic E-state index is 5.91. The van der Waals surface area contributed by atoms with Gasteiger partial charge in [-0.1, -0.05) is 25.1 Å². The Balaban J connectivity index is 0.00000480. The Bertz CT molecular complexity index is 785. The van der Waals surface area contributed by atoms with Crippen LogP contribution in [0.1, 0.15) is 37.0 Å². The molecule has 0 aliphatic rings. The van der Waals surface area contributed by atoms with E-state index < -0.39 is 0 Å². The van der Waals surface area contributed by atoms with Crippen molar-refractivity contribution in [1.29, 1.82) is 0 Å². The highest BCUT2D eigenvalue weighted by molar-refractivity contribution is 14.0. The highest BCUT2D eigenvalue weighted by Crippen LogP contribution is 2.20. The molecule has 2 N–H and O–H groups in total. The lowest BCUT2D eigenvalue weighted by molar-refractivity contribution is 0.110. The molecule has 1 heterocycles. The molecule has 1 aromatic carbocycles. The molecule has 0 unspecified atom stereocenters. The number of hydrogen-bond donors (Lipinski definition) is 2. The van der Waals surface area contributed by atoms with Gasteiger partial charge in [0.15, 0.2) is 5.96 Å². The first-order valence-corrected chi connectivity index (χ1v) is 10.5. The predicted octanol–water partition coefficient (Wildman–Crippen LogP) is 4.08. The van der Waals surface area contributed by atoms with E-state index in [0.29, 0.717) is 51.4 Å². The molecule has 0 saturated carbocycles. The summed E-state index contributed by atoms with van der Waals surface area (Å²) in [4.78, 5) is 8.62. The second-order valence-electron chi connectivity index (χ2n) is 6.79. The van der Waals surface area contributed by atoms with Crippen molar-refractivity contribution >= 4 is 29.9 Å². The molecule has 0 bridgehead atoms. The molecule has 0 aliphatic heterocycles. The molecular weight excluding hydrogens is 507 g/mol. The molecule has 8 heteroatoms. The van der Waals surface area contributed by atoms with Crippen LogP contribution < -0.4 is 20.1 Å². The van der Waals surface area contributed by atoms with Crippen LogP contribution in [0.2, 0.25) is 0 Å². The highest BCUT2D eigenvalue weighted by atomic mass is 127. The van der Waals surface area contributed by atoms with Gasteiger partial charge in [-0.15, -0.1) is 24.0 Å². The maximum absolute atomic E-state index is 5.91. The first-order valence-electron chi connectivity index (χ1n) is 10.5. The number of nitrogens with one attached hydrogen (secondary N) is 2. The molecule has 172 valence electrons. The summed E-state index contributed by atoms with van der Waals surface area (Å²) >= 11 is 0. The quantitative estimate of drug-likeness (QED) is 0.182. The van der Waals surface area contributed by atoms with Crippen LogP contribution in [-0.4, -0.2) is 44.4 Å². The molecular formula is C23H35IN4O3. The third kappa shape index (κ3) is 10.2. The second kappa shape index (κ2) is 15.7. The summed E-state index contributed by atoms with van der Waals surface area (Å²) in [6.45, 7) is 9.81. The van der Waals surface area contributed by atoms with E-state index in [1.54, 1.807) is 7.05 Å². The van der Waals surface area contributed by atoms with E-state index in [4.69, 9.17) is 14.2 Å². The van der Waals surface area contributed by atoms with Crippen LogP contribution in [0.5, 0.6) is 11.6 Å². The number of ether oxygens (including phenoxy) is 3. The maximum Gasteiger partial charge on any atom is 0.213 e. The summed E-state index contributed by atoms with van der Waals surface area (Å²) in [5.74, 6) is 2.23. The minimum atomic E-state index is 0. The lowest BCUT2D eigenvalue weighted by atomic mass is 10.1. The molecule has 0 radical (unpaired) electrons. The summed E-state index contributed by atoms with van der Waals surface area (Å²) < 4.78 is 16.8. The summed E-state index contributed by atoms with van der Waals surface area (Å²) in [7, 11) is 1.75. The van der Waals surface area contributed by atoms with Crippen molar-refractivity contribution in [3.05, 3.63) is 53.2 Å². The molecule has 0 saturated heterocycles. The van der Waals surface area contributed by atoms with Crippen molar-refractivity contribution in [1.82, 2.24) is 15.6 Å². The van der Waals surface area contributed by atoms with Gasteiger partial charge in [0.2, 0.25) is 5.88 Å². The predicted molar refractivity (Wildman–Crippen MR) is 136 cm³/mol. The lowest BCUT2D eigenvalue weighted by Gasteiger charge is -2.15. The number of rotatable bonds is 12. The number of guanidine groups is 1. The minimum absolute atomic E-state index is 0. The molecule has 31 heavy (non-hydrogen) atoms. The van der Waals surface area contributed by atoms with Crippen LogP contribution in [0, 0.1) is 6.92 Å². The Hall–Kier alpha value is -2.07. The molecule has 7 nitrogen and oxygen atoms in total. The van der Waals surface area contributed by atoms with Gasteiger partial charge < -0.3 is 24.8 Å². The molecule has 0 spiro atoms. The average molecular weight is 542 g/mol. The van der Waals surface area contributed by atoms with Crippen LogP contribution >= 0.6 is 24.0 Å². The number of aryl methyl sites for hydroxylation is 1. The highest BCUT2D eigenvalue weighted by Gasteiger charge is 2.06. The van der Waals surface area contributed by atoms with E-state index in [0.717, 1.165) is 28.9 Å². The van der Waals surface area contributed by atoms with Crippen molar-refractivity contribution in [2.24, 2.45) is 4.99 Å². The van der Waals surface area contributed by atoms with Gasteiger partial charge >= 0.3 is 0 Å². The van der Waals surface area contributed by atoms with Gasteiger partial charge in [-0.25, -0.2) is 4.98 Å². The van der Waals surface area contributed by atoms with Crippen LogP contribution in [0.15, 0.2) is 41.5 Å². The summed E-state index contributed by atoms with van der Waals surface area (Å²) in [6.07, 6.45) is 2.78. The zero-order chi connectivity index (χ0) is 21.6. The molecule has 1 aromatic heterocycles. The van der Waals surface area contributed by atoms with Gasteiger partial charge in [0.1, 0.15) is 12.4 Å². The average Bonchev–Trinajstić information content (AvgIpc) is 2.77. The number of benzene rings is 1. The third-order valence-electron chi connectivity index (χ3n) is 4.29. The fourth-order valence-electron chi connectivity index (χ4n) is 2.69. The Morgan fingerprint density at radius 2 is 1.81 bits per heavy atom. The van der Waals surface area contributed by atoms with Crippen molar-refractivity contribution in [2.75, 3.05) is 33.5 Å². The van der Waals surface area contributed by atoms with E-state index >= 15 is 0 Å². The third-order valence-corrected chi connectivity index (χ3v) is 4.29. The van der Waals surface area contributed by atoms with Crippen molar-refractivity contribution < 1.29 is 14.2 Å². The Morgan fingerprint density at radius 1 is 1.00 bits per heavy atom. The minimum Gasteiger partial charge on any atom is -0.491 e. The van der Waals surface area contributed by atoms with Crippen molar-refractivity contribution in [2.45, 2.75) is 40.3 Å². The van der Waals surface area contributed by atoms with Crippen LogP contribution in [0.25, 0.3) is 0 Å². The van der Waals surface area contributed by atoms with Gasteiger partial charge in [0.05, 0.1) is 13.2 Å². The molecule has 0 amide bonds. The second-order valence-corrected chi connectivity index (χ2v) is 6.79. The molecule has 0 atom stereocenters. The number of hydrogen-bond acceptors (Lipinski definition) is 5. The number of halogens is 1. The van der Waals surface area contributed by atoms with Gasteiger partial charge in [-0.3, -0.25) is 4.99 Å². The molecule has 0 fully saturated rings. The SMILES string of the molecule is CCCOc1ccc(CNC(=NC)NCc2ccc(C)cc2OCCOCC)cn1.I. The Labute approximate surface area is 203 Å². The number of aliphatic imine (C=N–C) groups is 1. The van der Waals surface area contributed by atoms with E-state index in [1.165, 1.54) is 0 Å². The van der Waals surface area contributed by atoms with E-state index in [2.05, 4.69) is 46.6 Å². The van der Waals surface area contributed by atoms with Crippen LogP contribution in [0.3, 0.4) is 0 Å². The number of aromatic nitrogens is 1. The van der Waals surface area contributed by atoms with Crippen molar-refractivity contribution in [3.63, 3.8) is 0 Å². The topological polar surface area (TPSA) is 77.0 Å². The molecule has 0 aliphatic carbocycles. The first kappa shape index (κ1) is 27.0. The van der Waals surface area contributed by atoms with Gasteiger partial charge in [-0.2, -0.15) is 0 Å². The molecule has 2 rings (SSSR count). The molecule has 2 aromatic rings. The summed E-state index contributed by atoms with van der Waals surface area (Å²) in [5, 5.41) is 6.65. The smallest absolute Gasteiger partial charge is 0.213 e. The van der Waals surface area contributed by atoms with Gasteiger partial charge in [0, 0.05) is 44.6 Å². The zero-order valence-electron chi connectivity index (χ0n) is 18.9. The fraction of sp³-hybridized carbons (Fsp3) is 0.478. The lowest BCUT2D eigenvalue weighted by Crippen LogP contribution is -2.36. The van der Waals surface area contributed by atoms with Gasteiger partial charge in [0.25, 0.3) is 0 Å². The van der Waals surface area contributed by atoms with Crippen LogP contribution in [-0.2, 0) is 17.8 Å². The van der Waals surface area contributed by atoms with Gasteiger partial charge in [-0.05, 0) is 37.5 Å². The normalized spacial score (nSPS) is 10.9. The zero-order valence-corrected chi connectivity index (χ0v) is 21.3. The van der Waals surface area contributed by atoms with E-state index in [-0.39, 0.29) is 24.0 Å². The van der Waals surface area contributed by atoms with Crippen molar-refractivity contribution in [3.8, 4) is 11.6 Å². The summed E-state index contributed by atoms with van der Waals surface area (Å²) in [5.41, 5.74) is 3.28. The fourth-order valence-corrected chi connectivity index (χ4v) is 2.69. The number of pyridine rings is 1. The Kier molecular flexibility index (Phi) is 13.6. The van der Waals surface area contributed by atoms with E-state index in [9.17, 15) is 0 Å². The first-order chi connectivity index (χ1) is 14.7. The number of nitrogens with zero attached hydrogens (tertiary/aromatic N) is 2. The van der Waals surface area contributed by atoms with E-state index in [1.807, 2.05) is 31.3 Å². The van der Waals surface area contributed by atoms with Crippen LogP contribution in [0.4, 0.5) is 0 Å². The monoisotopic (exact) mass is 542 g/mol. The Morgan fingerprint density at radius 3 is 2.48 bits per heavy atom. The summed E-state index contributed by atoms with van der Waals surface area (Å²) in [6, 6.07) is 10.1.